The zero-order chi connectivity index (χ0) is 19.5. The van der Waals surface area contributed by atoms with Gasteiger partial charge in [-0.3, -0.25) is 19.2 Å². The number of carbonyl (C=O) groups is 4. The van der Waals surface area contributed by atoms with Gasteiger partial charge in [-0.15, -0.1) is 0 Å². The first-order valence-electron chi connectivity index (χ1n) is 9.08. The average molecular weight is 371 g/mol. The van der Waals surface area contributed by atoms with E-state index in [0.29, 0.717) is 25.8 Å². The molecule has 1 saturated heterocycles. The fourth-order valence-electron chi connectivity index (χ4n) is 2.77. The third-order valence-electron chi connectivity index (χ3n) is 4.21. The summed E-state index contributed by atoms with van der Waals surface area (Å²) < 4.78 is 0. The molecule has 1 aliphatic heterocycles. The van der Waals surface area contributed by atoms with Crippen LogP contribution < -0.4 is 10.6 Å². The Hall–Kier alpha value is -2.16. The summed E-state index contributed by atoms with van der Waals surface area (Å²) in [6.07, 6.45) is 2.37. The molecule has 0 spiro atoms. The number of β-amino-alcohol motifs (C(OH)–C–C–N with tert-alkyl or cyclic N) is 1. The molecule has 1 aliphatic rings. The number of amides is 3. The van der Waals surface area contributed by atoms with Crippen LogP contribution >= 0.6 is 0 Å². The van der Waals surface area contributed by atoms with Gasteiger partial charge < -0.3 is 25.7 Å². The maximum Gasteiger partial charge on any atom is 0.303 e. The fourth-order valence-corrected chi connectivity index (χ4v) is 2.77. The molecule has 1 rings (SSSR count). The van der Waals surface area contributed by atoms with Gasteiger partial charge in [0.2, 0.25) is 17.7 Å². The van der Waals surface area contributed by atoms with Crippen LogP contribution in [0, 0.1) is 0 Å². The predicted molar refractivity (Wildman–Crippen MR) is 93.2 cm³/mol. The van der Waals surface area contributed by atoms with E-state index in [2.05, 4.69) is 10.6 Å². The number of aliphatic carboxylic acids is 1. The lowest BCUT2D eigenvalue weighted by molar-refractivity contribution is -0.138. The van der Waals surface area contributed by atoms with E-state index in [1.165, 1.54) is 4.90 Å². The first-order valence-corrected chi connectivity index (χ1v) is 9.08. The lowest BCUT2D eigenvalue weighted by Crippen LogP contribution is -2.49. The van der Waals surface area contributed by atoms with Crippen LogP contribution in [0.1, 0.15) is 51.9 Å². The summed E-state index contributed by atoms with van der Waals surface area (Å²) >= 11 is 0. The monoisotopic (exact) mass is 371 g/mol. The summed E-state index contributed by atoms with van der Waals surface area (Å²) in [4.78, 5) is 47.9. The van der Waals surface area contributed by atoms with Crippen molar-refractivity contribution in [1.82, 2.24) is 15.5 Å². The molecule has 0 aromatic carbocycles. The van der Waals surface area contributed by atoms with Crippen LogP contribution in [0.3, 0.4) is 0 Å². The molecule has 1 unspecified atom stereocenters. The molecule has 0 radical (unpaired) electrons. The Kier molecular flexibility index (Phi) is 9.64. The number of rotatable bonds is 11. The molecule has 9 nitrogen and oxygen atoms in total. The first kappa shape index (κ1) is 21.9. The molecule has 26 heavy (non-hydrogen) atoms. The smallest absolute Gasteiger partial charge is 0.303 e. The van der Waals surface area contributed by atoms with Crippen LogP contribution in [0.15, 0.2) is 0 Å². The van der Waals surface area contributed by atoms with E-state index < -0.39 is 24.0 Å². The Labute approximate surface area is 153 Å². The Morgan fingerprint density at radius 1 is 1.08 bits per heavy atom. The summed E-state index contributed by atoms with van der Waals surface area (Å²) in [6, 6.07) is -0.774. The zero-order valence-electron chi connectivity index (χ0n) is 15.2. The van der Waals surface area contributed by atoms with E-state index in [1.807, 2.05) is 6.92 Å². The van der Waals surface area contributed by atoms with Gasteiger partial charge in [0, 0.05) is 32.4 Å². The van der Waals surface area contributed by atoms with Gasteiger partial charge in [-0.2, -0.15) is 0 Å². The fraction of sp³-hybridized carbons (Fsp3) is 0.765. The van der Waals surface area contributed by atoms with Gasteiger partial charge in [0.1, 0.15) is 6.04 Å². The van der Waals surface area contributed by atoms with Gasteiger partial charge >= 0.3 is 5.97 Å². The summed E-state index contributed by atoms with van der Waals surface area (Å²) in [5, 5.41) is 23.6. The molecule has 0 saturated carbocycles. The van der Waals surface area contributed by atoms with Crippen LogP contribution in [-0.4, -0.2) is 70.6 Å². The molecular weight excluding hydrogens is 342 g/mol. The van der Waals surface area contributed by atoms with E-state index in [9.17, 15) is 24.3 Å². The Morgan fingerprint density at radius 2 is 1.81 bits per heavy atom. The van der Waals surface area contributed by atoms with E-state index in [0.717, 1.165) is 12.8 Å². The lowest BCUT2D eigenvalue weighted by atomic mass is 10.1. The van der Waals surface area contributed by atoms with Crippen molar-refractivity contribution in [2.45, 2.75) is 64.0 Å². The number of nitrogens with one attached hydrogen (secondary N) is 2. The third-order valence-corrected chi connectivity index (χ3v) is 4.21. The van der Waals surface area contributed by atoms with Crippen LogP contribution in [0.5, 0.6) is 0 Å². The second-order valence-electron chi connectivity index (χ2n) is 6.47. The molecule has 0 aromatic rings. The first-order chi connectivity index (χ1) is 12.3. The zero-order valence-corrected chi connectivity index (χ0v) is 15.2. The maximum absolute atomic E-state index is 12.3. The number of hydrogen-bond donors (Lipinski definition) is 4. The standard InChI is InChI=1S/C17H29N3O6/c1-2-3-6-14(22)19-10-15(23)20-11-12(21)9-13(20)17(26)18-8-5-4-7-16(24)25/h12-13,21H,2-11H2,1H3,(H,18,26)(H,19,22)(H,24,25)/t12?,13-/m0/s1. The minimum atomic E-state index is -0.881. The molecule has 9 heteroatoms. The van der Waals surface area contributed by atoms with Crippen LogP contribution in [0.4, 0.5) is 0 Å². The summed E-state index contributed by atoms with van der Waals surface area (Å²) in [7, 11) is 0. The molecule has 0 aliphatic carbocycles. The van der Waals surface area contributed by atoms with Crippen LogP contribution in [0.2, 0.25) is 0 Å². The number of carboxylic acids is 1. The molecular formula is C17H29N3O6. The van der Waals surface area contributed by atoms with Crippen molar-refractivity contribution in [2.24, 2.45) is 0 Å². The lowest BCUT2D eigenvalue weighted by Gasteiger charge is -2.23. The summed E-state index contributed by atoms with van der Waals surface area (Å²) in [5.74, 6) is -1.87. The van der Waals surface area contributed by atoms with E-state index in [4.69, 9.17) is 5.11 Å². The predicted octanol–water partition coefficient (Wildman–Crippen LogP) is -0.374. The maximum atomic E-state index is 12.3. The van der Waals surface area contributed by atoms with Crippen molar-refractivity contribution < 1.29 is 29.4 Å². The normalized spacial score (nSPS) is 19.2. The minimum Gasteiger partial charge on any atom is -0.481 e. The summed E-state index contributed by atoms with van der Waals surface area (Å²) in [5.41, 5.74) is 0. The van der Waals surface area contributed by atoms with E-state index in [-0.39, 0.29) is 37.7 Å². The Bertz CT molecular complexity index is 511. The van der Waals surface area contributed by atoms with E-state index in [1.54, 1.807) is 0 Å². The highest BCUT2D eigenvalue weighted by atomic mass is 16.4. The van der Waals surface area contributed by atoms with Crippen molar-refractivity contribution in [3.63, 3.8) is 0 Å². The number of aliphatic hydroxyl groups is 1. The molecule has 2 atom stereocenters. The number of unbranched alkanes of at least 4 members (excludes halogenated alkanes) is 2. The molecule has 1 heterocycles. The van der Waals surface area contributed by atoms with Crippen molar-refractivity contribution in [2.75, 3.05) is 19.6 Å². The Balaban J connectivity index is 2.42. The van der Waals surface area contributed by atoms with Gasteiger partial charge in [-0.1, -0.05) is 13.3 Å². The number of nitrogens with zero attached hydrogens (tertiary/aromatic N) is 1. The van der Waals surface area contributed by atoms with Crippen LogP contribution in [-0.2, 0) is 19.2 Å². The second-order valence-corrected chi connectivity index (χ2v) is 6.47. The SMILES string of the molecule is CCCCC(=O)NCC(=O)N1CC(O)C[C@H]1C(=O)NCCCCC(=O)O. The van der Waals surface area contributed by atoms with Crippen molar-refractivity contribution in [1.29, 1.82) is 0 Å². The van der Waals surface area contributed by atoms with Crippen LogP contribution in [0.25, 0.3) is 0 Å². The van der Waals surface area contributed by atoms with Gasteiger partial charge in [-0.25, -0.2) is 0 Å². The highest BCUT2D eigenvalue weighted by Crippen LogP contribution is 2.18. The number of carboxylic acid groups (broad SMARTS) is 1. The van der Waals surface area contributed by atoms with Crippen molar-refractivity contribution >= 4 is 23.7 Å². The van der Waals surface area contributed by atoms with Gasteiger partial charge in [-0.05, 0) is 19.3 Å². The minimum absolute atomic E-state index is 0.0420. The number of aliphatic hydroxyl groups excluding tert-OH is 1. The number of likely N-dealkylation sites (tertiary alicyclic amines) is 1. The molecule has 0 aromatic heterocycles. The third kappa shape index (κ3) is 7.81. The highest BCUT2D eigenvalue weighted by Gasteiger charge is 2.38. The largest absolute Gasteiger partial charge is 0.481 e. The highest BCUT2D eigenvalue weighted by molar-refractivity contribution is 5.90. The molecule has 4 N–H and O–H groups in total. The quantitative estimate of drug-likeness (QED) is 0.366. The molecule has 1 fully saturated rings. The second kappa shape index (κ2) is 11.5. The average Bonchev–Trinajstić information content (AvgIpc) is 2.99. The topological polar surface area (TPSA) is 136 Å². The summed E-state index contributed by atoms with van der Waals surface area (Å²) in [6.45, 7) is 2.14. The molecule has 3 amide bonds. The van der Waals surface area contributed by atoms with Crippen molar-refractivity contribution in [3.8, 4) is 0 Å². The van der Waals surface area contributed by atoms with Gasteiger partial charge in [0.25, 0.3) is 0 Å². The van der Waals surface area contributed by atoms with Crippen molar-refractivity contribution in [3.05, 3.63) is 0 Å². The Morgan fingerprint density at radius 3 is 2.46 bits per heavy atom. The van der Waals surface area contributed by atoms with Gasteiger partial charge in [0.05, 0.1) is 12.6 Å². The van der Waals surface area contributed by atoms with E-state index >= 15 is 0 Å². The molecule has 0 bridgehead atoms. The number of hydrogen-bond acceptors (Lipinski definition) is 5. The molecule has 148 valence electrons. The van der Waals surface area contributed by atoms with Gasteiger partial charge in [0.15, 0.2) is 0 Å². The number of carbonyl (C=O) groups excluding carboxylic acids is 3.